The highest BCUT2D eigenvalue weighted by molar-refractivity contribution is 6.29. The van der Waals surface area contributed by atoms with Crippen molar-refractivity contribution in [2.75, 3.05) is 5.73 Å². The Morgan fingerprint density at radius 3 is 2.69 bits per heavy atom. The Hall–Kier alpha value is -1.44. The predicted molar refractivity (Wildman–Crippen MR) is 54.7 cm³/mol. The van der Waals surface area contributed by atoms with Gasteiger partial charge >= 0.3 is 5.97 Å². The zero-order valence-electron chi connectivity index (χ0n) is 8.04. The van der Waals surface area contributed by atoms with Crippen molar-refractivity contribution in [2.24, 2.45) is 0 Å². The van der Waals surface area contributed by atoms with E-state index in [0.29, 0.717) is 0 Å². The molecule has 0 amide bonds. The Morgan fingerprint density at radius 1 is 1.50 bits per heavy atom. The summed E-state index contributed by atoms with van der Waals surface area (Å²) in [5.41, 5.74) is 5.46. The Bertz CT molecular complexity index is 401. The quantitative estimate of drug-likeness (QED) is 0.568. The van der Waals surface area contributed by atoms with E-state index in [2.05, 4.69) is 10.2 Å². The minimum absolute atomic E-state index is 0.00854. The van der Waals surface area contributed by atoms with Crippen molar-refractivity contribution in [1.29, 1.82) is 0 Å². The lowest BCUT2D eigenvalue weighted by Gasteiger charge is -2.17. The maximum absolute atomic E-state index is 10.3. The number of carboxylic acid groups (broad SMARTS) is 1. The molecule has 0 saturated carbocycles. The number of nitrogens with two attached hydrogens (primary N) is 1. The average Bonchev–Trinajstić information content (AvgIpc) is 2.19. The lowest BCUT2D eigenvalue weighted by Crippen LogP contribution is -2.23. The summed E-state index contributed by atoms with van der Waals surface area (Å²) in [5, 5.41) is 34.3. The predicted octanol–water partition coefficient (Wildman–Crippen LogP) is -0.419. The normalized spacial score (nSPS) is 14.4. The molecule has 1 rings (SSSR count). The zero-order valence-corrected chi connectivity index (χ0v) is 8.79. The number of rotatable bonds is 4. The van der Waals surface area contributed by atoms with E-state index in [1.54, 1.807) is 0 Å². The van der Waals surface area contributed by atoms with Crippen LogP contribution in [0.2, 0.25) is 5.15 Å². The molecule has 0 aliphatic rings. The van der Waals surface area contributed by atoms with Crippen LogP contribution in [0.25, 0.3) is 0 Å². The van der Waals surface area contributed by atoms with Crippen LogP contribution in [0, 0.1) is 0 Å². The molecule has 0 saturated heterocycles. The Labute approximate surface area is 95.5 Å². The van der Waals surface area contributed by atoms with Crippen molar-refractivity contribution >= 4 is 23.4 Å². The maximum atomic E-state index is 10.3. The number of aliphatic hydroxyl groups is 2. The number of carboxylic acids is 1. The fourth-order valence-electron chi connectivity index (χ4n) is 1.13. The van der Waals surface area contributed by atoms with E-state index in [-0.39, 0.29) is 16.5 Å². The number of anilines is 1. The van der Waals surface area contributed by atoms with Crippen molar-refractivity contribution in [2.45, 2.75) is 18.6 Å². The van der Waals surface area contributed by atoms with Crippen LogP contribution in [0.15, 0.2) is 6.07 Å². The van der Waals surface area contributed by atoms with Gasteiger partial charge in [0.15, 0.2) is 11.0 Å². The van der Waals surface area contributed by atoms with Gasteiger partial charge in [0.05, 0.1) is 12.5 Å². The van der Waals surface area contributed by atoms with Crippen LogP contribution in [0.1, 0.15) is 18.1 Å². The molecule has 16 heavy (non-hydrogen) atoms. The third-order valence-corrected chi connectivity index (χ3v) is 2.08. The molecule has 7 nitrogen and oxygen atoms in total. The van der Waals surface area contributed by atoms with Gasteiger partial charge in [-0.25, -0.2) is 0 Å². The van der Waals surface area contributed by atoms with Gasteiger partial charge in [-0.2, -0.15) is 0 Å². The van der Waals surface area contributed by atoms with Crippen LogP contribution < -0.4 is 5.73 Å². The van der Waals surface area contributed by atoms with Crippen molar-refractivity contribution in [3.05, 3.63) is 16.8 Å². The van der Waals surface area contributed by atoms with Crippen LogP contribution in [0.5, 0.6) is 0 Å². The Morgan fingerprint density at radius 2 is 2.12 bits per heavy atom. The summed E-state index contributed by atoms with van der Waals surface area (Å²) in [6.45, 7) is 0. The van der Waals surface area contributed by atoms with E-state index in [1.807, 2.05) is 0 Å². The number of hydrogen-bond acceptors (Lipinski definition) is 6. The van der Waals surface area contributed by atoms with Crippen molar-refractivity contribution in [1.82, 2.24) is 10.2 Å². The van der Waals surface area contributed by atoms with Crippen LogP contribution in [-0.4, -0.2) is 37.6 Å². The van der Waals surface area contributed by atoms with E-state index >= 15 is 0 Å². The van der Waals surface area contributed by atoms with Gasteiger partial charge in [0.1, 0.15) is 6.10 Å². The fraction of sp³-hybridized carbons (Fsp3) is 0.375. The number of carbonyl (C=O) groups is 1. The van der Waals surface area contributed by atoms with Gasteiger partial charge in [-0.15, -0.1) is 10.2 Å². The number of halogens is 1. The van der Waals surface area contributed by atoms with Crippen molar-refractivity contribution in [3.63, 3.8) is 0 Å². The standard InChI is InChI=1S/C8H10ClN3O4/c9-5-1-3(8(10)12-11-5)7(16)4(13)2-6(14)15/h1,4,7,13,16H,2H2,(H2,10,12)(H,14,15). The van der Waals surface area contributed by atoms with Gasteiger partial charge in [-0.1, -0.05) is 11.6 Å². The lowest BCUT2D eigenvalue weighted by atomic mass is 10.0. The summed E-state index contributed by atoms with van der Waals surface area (Å²) >= 11 is 5.53. The first kappa shape index (κ1) is 12.6. The van der Waals surface area contributed by atoms with Gasteiger partial charge in [0.2, 0.25) is 0 Å². The molecule has 0 fully saturated rings. The van der Waals surface area contributed by atoms with E-state index in [4.69, 9.17) is 22.4 Å². The monoisotopic (exact) mass is 247 g/mol. The smallest absolute Gasteiger partial charge is 0.306 e. The summed E-state index contributed by atoms with van der Waals surface area (Å²) < 4.78 is 0. The molecule has 8 heteroatoms. The minimum Gasteiger partial charge on any atom is -0.481 e. The molecule has 0 bridgehead atoms. The molecule has 1 heterocycles. The number of nitrogens with zero attached hydrogens (tertiary/aromatic N) is 2. The average molecular weight is 248 g/mol. The third kappa shape index (κ3) is 3.02. The molecule has 2 unspecified atom stereocenters. The highest BCUT2D eigenvalue weighted by Crippen LogP contribution is 2.24. The van der Waals surface area contributed by atoms with Gasteiger partial charge in [-0.3, -0.25) is 4.79 Å². The highest BCUT2D eigenvalue weighted by Gasteiger charge is 2.24. The summed E-state index contributed by atoms with van der Waals surface area (Å²) in [5.74, 6) is -1.35. The second kappa shape index (κ2) is 5.06. The third-order valence-electron chi connectivity index (χ3n) is 1.89. The number of hydrogen-bond donors (Lipinski definition) is 4. The first-order valence-corrected chi connectivity index (χ1v) is 4.66. The van der Waals surface area contributed by atoms with E-state index in [1.165, 1.54) is 6.07 Å². The van der Waals surface area contributed by atoms with Gasteiger partial charge in [-0.05, 0) is 6.07 Å². The second-order valence-electron chi connectivity index (χ2n) is 3.12. The molecule has 5 N–H and O–H groups in total. The van der Waals surface area contributed by atoms with Crippen molar-refractivity contribution in [3.8, 4) is 0 Å². The van der Waals surface area contributed by atoms with Crippen molar-refractivity contribution < 1.29 is 20.1 Å². The van der Waals surface area contributed by atoms with Crippen LogP contribution >= 0.6 is 11.6 Å². The molecule has 0 radical (unpaired) electrons. The molecule has 2 atom stereocenters. The summed E-state index contributed by atoms with van der Waals surface area (Å²) in [7, 11) is 0. The first-order valence-electron chi connectivity index (χ1n) is 4.28. The molecule has 0 aliphatic carbocycles. The fourth-order valence-corrected chi connectivity index (χ4v) is 1.28. The summed E-state index contributed by atoms with van der Waals surface area (Å²) in [4.78, 5) is 10.3. The van der Waals surface area contributed by atoms with Gasteiger partial charge in [0.25, 0.3) is 0 Å². The SMILES string of the molecule is Nc1nnc(Cl)cc1C(O)C(O)CC(=O)O. The van der Waals surface area contributed by atoms with Gasteiger partial charge < -0.3 is 21.1 Å². The molecule has 0 spiro atoms. The van der Waals surface area contributed by atoms with Crippen LogP contribution in [0.3, 0.4) is 0 Å². The molecular weight excluding hydrogens is 238 g/mol. The first-order chi connectivity index (χ1) is 7.41. The van der Waals surface area contributed by atoms with Gasteiger partial charge in [0, 0.05) is 5.56 Å². The topological polar surface area (TPSA) is 130 Å². The van der Waals surface area contributed by atoms with E-state index in [0.717, 1.165) is 0 Å². The molecule has 1 aromatic heterocycles. The number of aliphatic carboxylic acids is 1. The largest absolute Gasteiger partial charge is 0.481 e. The molecule has 1 aromatic rings. The molecule has 0 aromatic carbocycles. The van der Waals surface area contributed by atoms with Crippen LogP contribution in [0.4, 0.5) is 5.82 Å². The molecular formula is C8H10ClN3O4. The number of aromatic nitrogens is 2. The zero-order chi connectivity index (χ0) is 12.3. The minimum atomic E-state index is -1.49. The number of nitrogen functional groups attached to an aromatic ring is 1. The summed E-state index contributed by atoms with van der Waals surface area (Å²) in [6.07, 6.45) is -3.57. The Kier molecular flexibility index (Phi) is 3.99. The summed E-state index contributed by atoms with van der Waals surface area (Å²) in [6, 6.07) is 1.22. The highest BCUT2D eigenvalue weighted by atomic mass is 35.5. The van der Waals surface area contributed by atoms with Crippen LogP contribution in [-0.2, 0) is 4.79 Å². The second-order valence-corrected chi connectivity index (χ2v) is 3.50. The Balaban J connectivity index is 2.90. The number of aliphatic hydroxyl groups excluding tert-OH is 2. The van der Waals surface area contributed by atoms with E-state index < -0.39 is 24.6 Å². The maximum Gasteiger partial charge on any atom is 0.306 e. The lowest BCUT2D eigenvalue weighted by molar-refractivity contribution is -0.141. The molecule has 88 valence electrons. The van der Waals surface area contributed by atoms with E-state index in [9.17, 15) is 15.0 Å². The molecule has 0 aliphatic heterocycles.